The van der Waals surface area contributed by atoms with E-state index in [1.54, 1.807) is 46.3 Å². The van der Waals surface area contributed by atoms with Crippen molar-refractivity contribution >= 4 is 17.7 Å². The van der Waals surface area contributed by atoms with Crippen LogP contribution >= 0.6 is 0 Å². The SMILES string of the molecule is CCC(=O)COc1cccc([C@@H](CCc2ccc(OC)c(OC)c2)OC(=O)C2CCCCN2C(=O)[C@@H](CC)c2cc(C)c(OC)c(OC)c2)c1. The van der Waals surface area contributed by atoms with E-state index in [1.165, 1.54) is 0 Å². The molecule has 0 spiro atoms. The first kappa shape index (κ1) is 38.1. The number of carbonyl (C=O) groups is 3. The molecular formula is C40H51NO9. The van der Waals surface area contributed by atoms with Crippen LogP contribution in [0, 0.1) is 6.92 Å². The molecule has 0 aromatic heterocycles. The fourth-order valence-electron chi connectivity index (χ4n) is 6.49. The molecule has 3 atom stereocenters. The number of benzene rings is 3. The molecule has 0 bridgehead atoms. The summed E-state index contributed by atoms with van der Waals surface area (Å²) in [6.07, 6.45) is 3.44. The van der Waals surface area contributed by atoms with E-state index in [9.17, 15) is 14.4 Å². The van der Waals surface area contributed by atoms with Crippen LogP contribution in [0.1, 0.15) is 86.6 Å². The van der Waals surface area contributed by atoms with E-state index in [2.05, 4.69) is 0 Å². The monoisotopic (exact) mass is 689 g/mol. The van der Waals surface area contributed by atoms with Crippen LogP contribution in [0.25, 0.3) is 0 Å². The van der Waals surface area contributed by atoms with Gasteiger partial charge in [-0.25, -0.2) is 4.79 Å². The van der Waals surface area contributed by atoms with Crippen molar-refractivity contribution in [3.63, 3.8) is 0 Å². The van der Waals surface area contributed by atoms with Crippen LogP contribution in [0.3, 0.4) is 0 Å². The largest absolute Gasteiger partial charge is 0.493 e. The molecule has 270 valence electrons. The van der Waals surface area contributed by atoms with Crippen molar-refractivity contribution in [1.82, 2.24) is 4.90 Å². The van der Waals surface area contributed by atoms with Gasteiger partial charge in [0.25, 0.3) is 0 Å². The van der Waals surface area contributed by atoms with Gasteiger partial charge < -0.3 is 33.3 Å². The van der Waals surface area contributed by atoms with Crippen LogP contribution in [0.15, 0.2) is 54.6 Å². The number of Topliss-reactive ketones (excluding diaryl/α,β-unsaturated/α-hetero) is 1. The number of amides is 1. The third-order valence-corrected chi connectivity index (χ3v) is 9.28. The summed E-state index contributed by atoms with van der Waals surface area (Å²) < 4.78 is 34.1. The number of ether oxygens (including phenoxy) is 6. The van der Waals surface area contributed by atoms with E-state index in [1.807, 2.05) is 62.4 Å². The Morgan fingerprint density at radius 3 is 2.28 bits per heavy atom. The number of esters is 1. The van der Waals surface area contributed by atoms with E-state index in [0.29, 0.717) is 67.4 Å². The van der Waals surface area contributed by atoms with Gasteiger partial charge in [-0.3, -0.25) is 9.59 Å². The number of rotatable bonds is 17. The smallest absolute Gasteiger partial charge is 0.329 e. The van der Waals surface area contributed by atoms with Crippen LogP contribution in [0.2, 0.25) is 0 Å². The summed E-state index contributed by atoms with van der Waals surface area (Å²) in [5.41, 5.74) is 3.40. The van der Waals surface area contributed by atoms with Crippen LogP contribution in [0.5, 0.6) is 28.7 Å². The Balaban J connectivity index is 1.61. The van der Waals surface area contributed by atoms with Gasteiger partial charge in [-0.2, -0.15) is 0 Å². The Kier molecular flexibility index (Phi) is 13.9. The molecule has 1 saturated heterocycles. The highest BCUT2D eigenvalue weighted by molar-refractivity contribution is 5.89. The maximum Gasteiger partial charge on any atom is 0.329 e. The van der Waals surface area contributed by atoms with E-state index in [4.69, 9.17) is 28.4 Å². The normalized spacial score (nSPS) is 15.4. The van der Waals surface area contributed by atoms with E-state index in [0.717, 1.165) is 35.1 Å². The number of hydrogen-bond donors (Lipinski definition) is 0. The van der Waals surface area contributed by atoms with Gasteiger partial charge in [-0.1, -0.05) is 38.1 Å². The number of likely N-dealkylation sites (tertiary alicyclic amines) is 1. The molecule has 3 aromatic carbocycles. The number of carbonyl (C=O) groups excluding carboxylic acids is 3. The Hall–Kier alpha value is -4.73. The van der Waals surface area contributed by atoms with Crippen LogP contribution < -0.4 is 23.7 Å². The third kappa shape index (κ3) is 9.28. The van der Waals surface area contributed by atoms with Gasteiger partial charge in [-0.05, 0) is 98.0 Å². The van der Waals surface area contributed by atoms with Crippen LogP contribution in [0.4, 0.5) is 0 Å². The Bertz CT molecular complexity index is 1620. The number of ketones is 1. The van der Waals surface area contributed by atoms with E-state index >= 15 is 0 Å². The highest BCUT2D eigenvalue weighted by Gasteiger charge is 2.38. The predicted molar refractivity (Wildman–Crippen MR) is 191 cm³/mol. The molecule has 1 amide bonds. The number of aryl methyl sites for hydroxylation is 2. The summed E-state index contributed by atoms with van der Waals surface area (Å²) in [4.78, 5) is 42.1. The molecule has 1 heterocycles. The lowest BCUT2D eigenvalue weighted by Gasteiger charge is -2.37. The molecule has 1 aliphatic rings. The first-order valence-electron chi connectivity index (χ1n) is 17.4. The lowest BCUT2D eigenvalue weighted by atomic mass is 9.91. The molecule has 0 radical (unpaired) electrons. The van der Waals surface area contributed by atoms with Crippen molar-refractivity contribution in [2.24, 2.45) is 0 Å². The molecule has 3 aromatic rings. The van der Waals surface area contributed by atoms with Crippen molar-refractivity contribution in [2.45, 2.75) is 83.8 Å². The molecule has 50 heavy (non-hydrogen) atoms. The molecule has 10 nitrogen and oxygen atoms in total. The van der Waals surface area contributed by atoms with Crippen molar-refractivity contribution in [3.8, 4) is 28.7 Å². The second-order valence-electron chi connectivity index (χ2n) is 12.5. The second-order valence-corrected chi connectivity index (χ2v) is 12.5. The number of methoxy groups -OCH3 is 4. The topological polar surface area (TPSA) is 110 Å². The summed E-state index contributed by atoms with van der Waals surface area (Å²) in [7, 11) is 6.35. The second kappa shape index (κ2) is 18.3. The zero-order valence-electron chi connectivity index (χ0n) is 30.4. The van der Waals surface area contributed by atoms with Gasteiger partial charge in [0.15, 0.2) is 28.8 Å². The summed E-state index contributed by atoms with van der Waals surface area (Å²) in [5.74, 6) is 1.91. The van der Waals surface area contributed by atoms with Crippen LogP contribution in [-0.4, -0.2) is 70.2 Å². The lowest BCUT2D eigenvalue weighted by molar-refractivity contribution is -0.162. The molecule has 1 fully saturated rings. The number of hydrogen-bond acceptors (Lipinski definition) is 9. The maximum atomic E-state index is 14.3. The highest BCUT2D eigenvalue weighted by Crippen LogP contribution is 2.37. The minimum absolute atomic E-state index is 0.0116. The van der Waals surface area contributed by atoms with Crippen molar-refractivity contribution in [1.29, 1.82) is 0 Å². The molecule has 4 rings (SSSR count). The zero-order valence-corrected chi connectivity index (χ0v) is 30.4. The standard InChI is InChI=1S/C40H51NO9/c1-8-30(42)25-49-31-14-12-13-28(23-31)34(18-16-27-17-19-35(45-4)36(22-27)46-5)50-40(44)33-15-10-11-20-41(33)39(43)32(9-2)29-21-26(3)38(48-7)37(24-29)47-6/h12-14,17,19,21-24,32-34H,8-11,15-16,18,20,25H2,1-7H3/t32-,33?,34+/m0/s1. The first-order valence-corrected chi connectivity index (χ1v) is 17.4. The van der Waals surface area contributed by atoms with Gasteiger partial charge in [0, 0.05) is 13.0 Å². The number of piperidine rings is 1. The lowest BCUT2D eigenvalue weighted by Crippen LogP contribution is -2.50. The molecule has 10 heteroatoms. The first-order chi connectivity index (χ1) is 24.2. The van der Waals surface area contributed by atoms with Gasteiger partial charge >= 0.3 is 5.97 Å². The molecule has 0 N–H and O–H groups in total. The zero-order chi connectivity index (χ0) is 36.2. The average Bonchev–Trinajstić information content (AvgIpc) is 3.15. The van der Waals surface area contributed by atoms with Crippen molar-refractivity contribution < 1.29 is 42.8 Å². The molecule has 1 aliphatic heterocycles. The summed E-state index contributed by atoms with van der Waals surface area (Å²) in [6, 6.07) is 16.1. The van der Waals surface area contributed by atoms with Gasteiger partial charge in [0.1, 0.15) is 24.5 Å². The van der Waals surface area contributed by atoms with Gasteiger partial charge in [-0.15, -0.1) is 0 Å². The minimum atomic E-state index is -0.725. The molecular weight excluding hydrogens is 638 g/mol. The maximum absolute atomic E-state index is 14.3. The minimum Gasteiger partial charge on any atom is -0.493 e. The van der Waals surface area contributed by atoms with Crippen molar-refractivity contribution in [2.75, 3.05) is 41.6 Å². The van der Waals surface area contributed by atoms with Crippen LogP contribution in [-0.2, 0) is 25.5 Å². The summed E-state index contributed by atoms with van der Waals surface area (Å²) in [6.45, 7) is 6.12. The summed E-state index contributed by atoms with van der Waals surface area (Å²) in [5, 5.41) is 0. The molecule has 1 unspecified atom stereocenters. The molecule has 0 aliphatic carbocycles. The predicted octanol–water partition coefficient (Wildman–Crippen LogP) is 7.18. The van der Waals surface area contributed by atoms with Gasteiger partial charge in [0.2, 0.25) is 5.91 Å². The third-order valence-electron chi connectivity index (χ3n) is 9.28. The Labute approximate surface area is 295 Å². The quantitative estimate of drug-likeness (QED) is 0.136. The fraction of sp³-hybridized carbons (Fsp3) is 0.475. The van der Waals surface area contributed by atoms with Gasteiger partial charge in [0.05, 0.1) is 34.4 Å². The van der Waals surface area contributed by atoms with E-state index < -0.39 is 24.0 Å². The summed E-state index contributed by atoms with van der Waals surface area (Å²) >= 11 is 0. The highest BCUT2D eigenvalue weighted by atomic mass is 16.5. The Morgan fingerprint density at radius 1 is 0.840 bits per heavy atom. The van der Waals surface area contributed by atoms with Crippen molar-refractivity contribution in [3.05, 3.63) is 76.9 Å². The average molecular weight is 690 g/mol. The number of nitrogens with zero attached hydrogens (tertiary/aromatic N) is 1. The molecule has 0 saturated carbocycles. The Morgan fingerprint density at radius 2 is 1.60 bits per heavy atom. The van der Waals surface area contributed by atoms with E-state index in [-0.39, 0.29) is 18.3 Å². The fourth-order valence-corrected chi connectivity index (χ4v) is 6.49.